The maximum absolute atomic E-state index is 9.81. The summed E-state index contributed by atoms with van der Waals surface area (Å²) in [6.45, 7) is 10.2. The smallest absolute Gasteiger partial charge is 0.0693 e. The first-order chi connectivity index (χ1) is 7.75. The van der Waals surface area contributed by atoms with Crippen LogP contribution < -0.4 is 0 Å². The van der Waals surface area contributed by atoms with Gasteiger partial charge in [-0.3, -0.25) is 9.80 Å². The van der Waals surface area contributed by atoms with Gasteiger partial charge in [0.15, 0.2) is 0 Å². The maximum Gasteiger partial charge on any atom is 0.0693 e. The van der Waals surface area contributed by atoms with Crippen molar-refractivity contribution in [2.24, 2.45) is 5.92 Å². The molecule has 0 spiro atoms. The van der Waals surface area contributed by atoms with E-state index in [1.54, 1.807) is 0 Å². The van der Waals surface area contributed by atoms with Gasteiger partial charge in [0.05, 0.1) is 19.3 Å². The third-order valence-corrected chi connectivity index (χ3v) is 3.84. The Balaban J connectivity index is 1.65. The highest BCUT2D eigenvalue weighted by Gasteiger charge is 2.24. The summed E-state index contributed by atoms with van der Waals surface area (Å²) in [4.78, 5) is 4.84. The molecule has 1 N–H and O–H groups in total. The van der Waals surface area contributed by atoms with E-state index in [4.69, 9.17) is 4.74 Å². The molecule has 2 unspecified atom stereocenters. The molecule has 2 atom stereocenters. The second-order valence-electron chi connectivity index (χ2n) is 5.09. The number of β-amino-alcohol motifs (C(OH)–C–C–N with tert-alkyl or cyclic N) is 1. The summed E-state index contributed by atoms with van der Waals surface area (Å²) in [5.74, 6) is 0.472. The van der Waals surface area contributed by atoms with Crippen molar-refractivity contribution in [2.75, 3.05) is 52.5 Å². The zero-order valence-electron chi connectivity index (χ0n) is 10.3. The number of morpholine rings is 1. The molecule has 0 aromatic heterocycles. The van der Waals surface area contributed by atoms with E-state index in [0.29, 0.717) is 5.92 Å². The molecule has 2 heterocycles. The minimum Gasteiger partial charge on any atom is -0.392 e. The van der Waals surface area contributed by atoms with Crippen LogP contribution in [0, 0.1) is 5.92 Å². The molecule has 0 aromatic carbocycles. The molecule has 16 heavy (non-hydrogen) atoms. The van der Waals surface area contributed by atoms with Gasteiger partial charge >= 0.3 is 0 Å². The van der Waals surface area contributed by atoms with E-state index >= 15 is 0 Å². The maximum atomic E-state index is 9.81. The average Bonchev–Trinajstić information content (AvgIpc) is 2.32. The van der Waals surface area contributed by atoms with Gasteiger partial charge in [-0.25, -0.2) is 0 Å². The van der Waals surface area contributed by atoms with Crippen molar-refractivity contribution in [2.45, 2.75) is 19.4 Å². The molecule has 94 valence electrons. The van der Waals surface area contributed by atoms with Gasteiger partial charge in [0.25, 0.3) is 0 Å². The Morgan fingerprint density at radius 2 is 1.81 bits per heavy atom. The number of aliphatic hydroxyl groups excluding tert-OH is 1. The Hall–Kier alpha value is -0.160. The monoisotopic (exact) mass is 228 g/mol. The first-order valence-corrected chi connectivity index (χ1v) is 6.46. The molecule has 2 fully saturated rings. The highest BCUT2D eigenvalue weighted by atomic mass is 16.5. The molecule has 4 nitrogen and oxygen atoms in total. The number of rotatable bonds is 3. The van der Waals surface area contributed by atoms with Crippen LogP contribution in [0.5, 0.6) is 0 Å². The molecule has 2 aliphatic heterocycles. The summed E-state index contributed by atoms with van der Waals surface area (Å²) in [6.07, 6.45) is 1.00. The number of piperidine rings is 1. The molecule has 4 heteroatoms. The van der Waals surface area contributed by atoms with Crippen molar-refractivity contribution in [1.82, 2.24) is 9.80 Å². The van der Waals surface area contributed by atoms with Crippen LogP contribution in [0.3, 0.4) is 0 Å². The number of ether oxygens (including phenoxy) is 1. The van der Waals surface area contributed by atoms with Crippen molar-refractivity contribution >= 4 is 0 Å². The fourth-order valence-electron chi connectivity index (χ4n) is 2.43. The summed E-state index contributed by atoms with van der Waals surface area (Å²) in [6, 6.07) is 0. The van der Waals surface area contributed by atoms with Crippen LogP contribution in [0.1, 0.15) is 13.3 Å². The lowest BCUT2D eigenvalue weighted by Gasteiger charge is -2.36. The van der Waals surface area contributed by atoms with Gasteiger partial charge in [0.1, 0.15) is 0 Å². The number of nitrogens with zero attached hydrogens (tertiary/aromatic N) is 2. The zero-order chi connectivity index (χ0) is 11.4. The van der Waals surface area contributed by atoms with Crippen molar-refractivity contribution in [3.05, 3.63) is 0 Å². The molecule has 0 aromatic rings. The molecule has 2 rings (SSSR count). The number of aliphatic hydroxyl groups is 1. The highest BCUT2D eigenvalue weighted by Crippen LogP contribution is 2.16. The van der Waals surface area contributed by atoms with Crippen molar-refractivity contribution in [1.29, 1.82) is 0 Å². The molecule has 0 bridgehead atoms. The van der Waals surface area contributed by atoms with Crippen LogP contribution in [0.2, 0.25) is 0 Å². The van der Waals surface area contributed by atoms with Gasteiger partial charge in [0.2, 0.25) is 0 Å². The van der Waals surface area contributed by atoms with E-state index in [0.717, 1.165) is 58.9 Å². The number of hydrogen-bond donors (Lipinski definition) is 1. The second-order valence-corrected chi connectivity index (χ2v) is 5.09. The highest BCUT2D eigenvalue weighted by molar-refractivity contribution is 4.78. The largest absolute Gasteiger partial charge is 0.392 e. The van der Waals surface area contributed by atoms with Crippen molar-refractivity contribution in [3.63, 3.8) is 0 Å². The molecule has 0 saturated carbocycles. The minimum absolute atomic E-state index is 0.126. The predicted molar refractivity (Wildman–Crippen MR) is 63.5 cm³/mol. The van der Waals surface area contributed by atoms with Crippen LogP contribution in [0.4, 0.5) is 0 Å². The summed E-state index contributed by atoms with van der Waals surface area (Å²) >= 11 is 0. The van der Waals surface area contributed by atoms with Gasteiger partial charge in [-0.15, -0.1) is 0 Å². The fraction of sp³-hybridized carbons (Fsp3) is 1.00. The minimum atomic E-state index is -0.126. The molecule has 2 aliphatic rings. The SMILES string of the molecule is CC1CCN(CCN2CCOCC2)CC1O. The summed E-state index contributed by atoms with van der Waals surface area (Å²) < 4.78 is 5.33. The van der Waals surface area contributed by atoms with Crippen LogP contribution in [-0.4, -0.2) is 73.5 Å². The summed E-state index contributed by atoms with van der Waals surface area (Å²) in [7, 11) is 0. The number of likely N-dealkylation sites (tertiary alicyclic amines) is 1. The first kappa shape index (κ1) is 12.3. The lowest BCUT2D eigenvalue weighted by molar-refractivity contribution is 0.00995. The van der Waals surface area contributed by atoms with Crippen LogP contribution in [0.15, 0.2) is 0 Å². The quantitative estimate of drug-likeness (QED) is 0.739. The van der Waals surface area contributed by atoms with Gasteiger partial charge < -0.3 is 9.84 Å². The molecule has 0 aliphatic carbocycles. The standard InChI is InChI=1S/C12H24N2O2/c1-11-2-3-14(10-12(11)15)5-4-13-6-8-16-9-7-13/h11-12,15H,2-10H2,1H3. The molecular formula is C12H24N2O2. The van der Waals surface area contributed by atoms with Gasteiger partial charge in [-0.1, -0.05) is 6.92 Å². The van der Waals surface area contributed by atoms with Gasteiger partial charge in [-0.05, 0) is 18.9 Å². The molecule has 2 saturated heterocycles. The van der Waals surface area contributed by atoms with E-state index in [1.165, 1.54) is 0 Å². The molecular weight excluding hydrogens is 204 g/mol. The predicted octanol–water partition coefficient (Wildman–Crippen LogP) is 0.0213. The summed E-state index contributed by atoms with van der Waals surface area (Å²) in [5.41, 5.74) is 0. The normalized spacial score (nSPS) is 34.1. The third-order valence-electron chi connectivity index (χ3n) is 3.84. The number of hydrogen-bond acceptors (Lipinski definition) is 4. The van der Waals surface area contributed by atoms with Crippen molar-refractivity contribution in [3.8, 4) is 0 Å². The molecule has 0 amide bonds. The third kappa shape index (κ3) is 3.42. The zero-order valence-corrected chi connectivity index (χ0v) is 10.3. The van der Waals surface area contributed by atoms with E-state index < -0.39 is 0 Å². The van der Waals surface area contributed by atoms with Crippen LogP contribution in [-0.2, 0) is 4.74 Å². The second kappa shape index (κ2) is 5.96. The first-order valence-electron chi connectivity index (χ1n) is 6.46. The average molecular weight is 228 g/mol. The Kier molecular flexibility index (Phi) is 4.58. The van der Waals surface area contributed by atoms with E-state index in [9.17, 15) is 5.11 Å². The topological polar surface area (TPSA) is 35.9 Å². The van der Waals surface area contributed by atoms with E-state index in [-0.39, 0.29) is 6.10 Å². The van der Waals surface area contributed by atoms with E-state index in [2.05, 4.69) is 16.7 Å². The van der Waals surface area contributed by atoms with Crippen LogP contribution >= 0.6 is 0 Å². The lowest BCUT2D eigenvalue weighted by Crippen LogP contribution is -2.47. The molecule has 0 radical (unpaired) electrons. The Bertz CT molecular complexity index is 207. The van der Waals surface area contributed by atoms with Gasteiger partial charge in [-0.2, -0.15) is 0 Å². The lowest BCUT2D eigenvalue weighted by atomic mass is 9.96. The Morgan fingerprint density at radius 3 is 2.50 bits per heavy atom. The van der Waals surface area contributed by atoms with Crippen molar-refractivity contribution < 1.29 is 9.84 Å². The Morgan fingerprint density at radius 1 is 1.12 bits per heavy atom. The fourth-order valence-corrected chi connectivity index (χ4v) is 2.43. The Labute approximate surface area is 98.2 Å². The summed E-state index contributed by atoms with van der Waals surface area (Å²) in [5, 5.41) is 9.81. The van der Waals surface area contributed by atoms with E-state index in [1.807, 2.05) is 0 Å². The van der Waals surface area contributed by atoms with Crippen LogP contribution in [0.25, 0.3) is 0 Å². The van der Waals surface area contributed by atoms with Gasteiger partial charge in [0, 0.05) is 32.7 Å².